The van der Waals surface area contributed by atoms with E-state index in [9.17, 15) is 9.59 Å². The first-order valence-electron chi connectivity index (χ1n) is 10.1. The highest BCUT2D eigenvalue weighted by Crippen LogP contribution is 2.24. The molecule has 0 saturated heterocycles. The molecule has 8 heteroatoms. The minimum atomic E-state index is -0.293. The molecule has 0 radical (unpaired) electrons. The number of aryl methyl sites for hydroxylation is 1. The molecular formula is C24H25N5O2S. The number of hydrogen-bond acceptors (Lipinski definition) is 5. The third-order valence-corrected chi connectivity index (χ3v) is 5.71. The van der Waals surface area contributed by atoms with Gasteiger partial charge in [-0.25, -0.2) is 0 Å². The van der Waals surface area contributed by atoms with Crippen LogP contribution in [-0.2, 0) is 16.1 Å². The molecule has 2 aromatic carbocycles. The number of nitrogens with one attached hydrogen (secondary N) is 1. The van der Waals surface area contributed by atoms with Crippen LogP contribution in [0, 0.1) is 19.3 Å². The molecule has 2 amide bonds. The lowest BCUT2D eigenvalue weighted by Gasteiger charge is -2.16. The van der Waals surface area contributed by atoms with E-state index in [1.807, 2.05) is 36.6 Å². The van der Waals surface area contributed by atoms with Gasteiger partial charge in [0.15, 0.2) is 11.0 Å². The third kappa shape index (κ3) is 5.77. The van der Waals surface area contributed by atoms with E-state index >= 15 is 0 Å². The van der Waals surface area contributed by atoms with Crippen molar-refractivity contribution in [2.75, 3.05) is 24.7 Å². The molecule has 1 aromatic heterocycles. The molecule has 1 N–H and O–H groups in total. The first-order valence-corrected chi connectivity index (χ1v) is 11.1. The lowest BCUT2D eigenvalue weighted by Crippen LogP contribution is -2.36. The van der Waals surface area contributed by atoms with Gasteiger partial charge < -0.3 is 14.8 Å². The Morgan fingerprint density at radius 3 is 2.69 bits per heavy atom. The molecule has 0 unspecified atom stereocenters. The number of carbonyl (C=O) groups is 2. The van der Waals surface area contributed by atoms with Crippen molar-refractivity contribution in [3.8, 4) is 23.7 Å². The standard InChI is InChI=1S/C24H25N5O2S/c1-5-18-10-8-12-20(14-18)25-21(30)15-28(4)22(31)16-32-24-27-26-23(29(24)6-2)19-11-7-9-17(3)13-19/h1,7-14H,6,15-16H2,2-4H3,(H,25,30). The minimum absolute atomic E-state index is 0.0608. The van der Waals surface area contributed by atoms with Gasteiger partial charge in [0, 0.05) is 30.4 Å². The number of nitrogens with zero attached hydrogens (tertiary/aromatic N) is 4. The van der Waals surface area contributed by atoms with Gasteiger partial charge in [-0.05, 0) is 38.1 Å². The van der Waals surface area contributed by atoms with Crippen LogP contribution in [0.25, 0.3) is 11.4 Å². The average molecular weight is 448 g/mol. The molecule has 0 bridgehead atoms. The summed E-state index contributed by atoms with van der Waals surface area (Å²) in [5.74, 6) is 2.98. The second-order valence-electron chi connectivity index (χ2n) is 7.23. The van der Waals surface area contributed by atoms with Crippen molar-refractivity contribution >= 4 is 29.3 Å². The molecule has 0 fully saturated rings. The predicted octanol–water partition coefficient (Wildman–Crippen LogP) is 3.44. The molecule has 0 aliphatic rings. The Morgan fingerprint density at radius 1 is 1.19 bits per heavy atom. The summed E-state index contributed by atoms with van der Waals surface area (Å²) in [5.41, 5.74) is 3.40. The maximum atomic E-state index is 12.6. The van der Waals surface area contributed by atoms with Crippen molar-refractivity contribution in [3.05, 3.63) is 59.7 Å². The second kappa shape index (κ2) is 10.6. The largest absolute Gasteiger partial charge is 0.336 e. The normalized spacial score (nSPS) is 10.4. The number of aromatic nitrogens is 3. The van der Waals surface area contributed by atoms with E-state index in [1.165, 1.54) is 16.7 Å². The SMILES string of the molecule is C#Cc1cccc(NC(=O)CN(C)C(=O)CSc2nnc(-c3cccc(C)c3)n2CC)c1. The fourth-order valence-electron chi connectivity index (χ4n) is 3.11. The van der Waals surface area contributed by atoms with Crippen molar-refractivity contribution < 1.29 is 9.59 Å². The number of rotatable bonds is 8. The molecule has 32 heavy (non-hydrogen) atoms. The number of carbonyl (C=O) groups excluding carboxylic acids is 2. The Balaban J connectivity index is 1.58. The quantitative estimate of drug-likeness (QED) is 0.423. The molecule has 0 spiro atoms. The number of terminal acetylenes is 1. The zero-order valence-electron chi connectivity index (χ0n) is 18.3. The summed E-state index contributed by atoms with van der Waals surface area (Å²) in [7, 11) is 1.60. The molecule has 3 rings (SSSR count). The number of hydrogen-bond donors (Lipinski definition) is 1. The van der Waals surface area contributed by atoms with E-state index in [1.54, 1.807) is 31.3 Å². The number of benzene rings is 2. The minimum Gasteiger partial charge on any atom is -0.336 e. The Morgan fingerprint density at radius 2 is 1.97 bits per heavy atom. The smallest absolute Gasteiger partial charge is 0.243 e. The van der Waals surface area contributed by atoms with Gasteiger partial charge in [0.2, 0.25) is 11.8 Å². The Kier molecular flexibility index (Phi) is 7.68. The highest BCUT2D eigenvalue weighted by molar-refractivity contribution is 7.99. The van der Waals surface area contributed by atoms with Crippen LogP contribution in [0.1, 0.15) is 18.1 Å². The molecule has 0 atom stereocenters. The first-order chi connectivity index (χ1) is 15.4. The van der Waals surface area contributed by atoms with Gasteiger partial charge in [-0.15, -0.1) is 16.6 Å². The van der Waals surface area contributed by atoms with Gasteiger partial charge in [-0.1, -0.05) is 47.5 Å². The van der Waals surface area contributed by atoms with E-state index in [-0.39, 0.29) is 24.1 Å². The Bertz CT molecular complexity index is 1170. The maximum Gasteiger partial charge on any atom is 0.243 e. The van der Waals surface area contributed by atoms with Crippen molar-refractivity contribution in [1.29, 1.82) is 0 Å². The highest BCUT2D eigenvalue weighted by Gasteiger charge is 2.17. The van der Waals surface area contributed by atoms with Crippen LogP contribution in [0.15, 0.2) is 53.7 Å². The van der Waals surface area contributed by atoms with Gasteiger partial charge in [0.25, 0.3) is 0 Å². The van der Waals surface area contributed by atoms with Crippen LogP contribution in [0.2, 0.25) is 0 Å². The summed E-state index contributed by atoms with van der Waals surface area (Å²) >= 11 is 1.31. The number of anilines is 1. The van der Waals surface area contributed by atoms with Crippen LogP contribution in [-0.4, -0.2) is 50.8 Å². The fourth-order valence-corrected chi connectivity index (χ4v) is 4.05. The predicted molar refractivity (Wildman–Crippen MR) is 127 cm³/mol. The van der Waals surface area contributed by atoms with E-state index in [0.29, 0.717) is 23.0 Å². The number of thioether (sulfide) groups is 1. The Hall–Kier alpha value is -3.57. The molecule has 0 aliphatic heterocycles. The topological polar surface area (TPSA) is 80.1 Å². The Labute approximate surface area is 192 Å². The second-order valence-corrected chi connectivity index (χ2v) is 8.17. The summed E-state index contributed by atoms with van der Waals surface area (Å²) in [6.45, 7) is 4.67. The highest BCUT2D eigenvalue weighted by atomic mass is 32.2. The lowest BCUT2D eigenvalue weighted by atomic mass is 10.1. The van der Waals surface area contributed by atoms with Gasteiger partial charge in [0.1, 0.15) is 0 Å². The third-order valence-electron chi connectivity index (χ3n) is 4.75. The summed E-state index contributed by atoms with van der Waals surface area (Å²) in [6, 6.07) is 15.1. The summed E-state index contributed by atoms with van der Waals surface area (Å²) in [4.78, 5) is 26.3. The monoisotopic (exact) mass is 447 g/mol. The molecule has 164 valence electrons. The molecule has 3 aromatic rings. The summed E-state index contributed by atoms with van der Waals surface area (Å²) in [6.07, 6.45) is 5.38. The van der Waals surface area contributed by atoms with Crippen LogP contribution < -0.4 is 5.32 Å². The zero-order valence-corrected chi connectivity index (χ0v) is 19.1. The van der Waals surface area contributed by atoms with Crippen LogP contribution in [0.3, 0.4) is 0 Å². The van der Waals surface area contributed by atoms with E-state index in [4.69, 9.17) is 6.42 Å². The molecule has 1 heterocycles. The molecule has 0 saturated carbocycles. The number of amides is 2. The van der Waals surface area contributed by atoms with E-state index in [0.717, 1.165) is 17.0 Å². The van der Waals surface area contributed by atoms with E-state index in [2.05, 4.69) is 27.5 Å². The van der Waals surface area contributed by atoms with Crippen molar-refractivity contribution in [1.82, 2.24) is 19.7 Å². The van der Waals surface area contributed by atoms with Crippen molar-refractivity contribution in [3.63, 3.8) is 0 Å². The van der Waals surface area contributed by atoms with Gasteiger partial charge in [-0.2, -0.15) is 0 Å². The summed E-state index contributed by atoms with van der Waals surface area (Å²) < 4.78 is 1.98. The van der Waals surface area contributed by atoms with Crippen LogP contribution in [0.4, 0.5) is 5.69 Å². The average Bonchev–Trinajstić information content (AvgIpc) is 3.20. The van der Waals surface area contributed by atoms with Gasteiger partial charge in [0.05, 0.1) is 12.3 Å². The zero-order chi connectivity index (χ0) is 23.1. The summed E-state index contributed by atoms with van der Waals surface area (Å²) in [5, 5.41) is 12.0. The van der Waals surface area contributed by atoms with Gasteiger partial charge >= 0.3 is 0 Å². The molecular weight excluding hydrogens is 422 g/mol. The maximum absolute atomic E-state index is 12.6. The van der Waals surface area contributed by atoms with Gasteiger partial charge in [-0.3, -0.25) is 9.59 Å². The fraction of sp³-hybridized carbons (Fsp3) is 0.250. The van der Waals surface area contributed by atoms with Crippen molar-refractivity contribution in [2.45, 2.75) is 25.5 Å². The number of likely N-dealkylation sites (N-methyl/N-ethyl adjacent to an activating group) is 1. The van der Waals surface area contributed by atoms with Crippen LogP contribution >= 0.6 is 11.8 Å². The lowest BCUT2D eigenvalue weighted by molar-refractivity contribution is -0.131. The molecule has 0 aliphatic carbocycles. The van der Waals surface area contributed by atoms with Crippen LogP contribution in [0.5, 0.6) is 0 Å². The van der Waals surface area contributed by atoms with E-state index < -0.39 is 0 Å². The first kappa shape index (κ1) is 23.1. The molecule has 7 nitrogen and oxygen atoms in total. The van der Waals surface area contributed by atoms with Crippen molar-refractivity contribution in [2.24, 2.45) is 0 Å².